The smallest absolute Gasteiger partial charge is 0.325 e. The molecule has 0 saturated carbocycles. The highest BCUT2D eigenvalue weighted by Crippen LogP contribution is 2.28. The van der Waals surface area contributed by atoms with E-state index in [0.29, 0.717) is 39.4 Å². The summed E-state index contributed by atoms with van der Waals surface area (Å²) >= 11 is 2.72. The lowest BCUT2D eigenvalue weighted by molar-refractivity contribution is -0.116. The third kappa shape index (κ3) is 5.03. The molecule has 0 aliphatic rings. The van der Waals surface area contributed by atoms with Gasteiger partial charge in [0.15, 0.2) is 15.5 Å². The number of halogens is 1. The number of aryl methyl sites for hydroxylation is 2. The Morgan fingerprint density at radius 1 is 1.15 bits per heavy atom. The van der Waals surface area contributed by atoms with Crippen LogP contribution in [0.1, 0.15) is 18.4 Å². The van der Waals surface area contributed by atoms with Gasteiger partial charge in [0.2, 0.25) is 11.0 Å². The molecule has 0 aliphatic carbocycles. The molecule has 33 heavy (non-hydrogen) atoms. The van der Waals surface area contributed by atoms with Gasteiger partial charge in [0.05, 0.1) is 6.33 Å². The third-order valence-corrected chi connectivity index (χ3v) is 6.99. The molecule has 1 aromatic carbocycles. The van der Waals surface area contributed by atoms with Gasteiger partial charge in [-0.1, -0.05) is 35.2 Å². The summed E-state index contributed by atoms with van der Waals surface area (Å²) in [6.07, 6.45) is 2.18. The van der Waals surface area contributed by atoms with Crippen LogP contribution in [0.25, 0.3) is 11.2 Å². The highest BCUT2D eigenvalue weighted by Gasteiger charge is 2.15. The Labute approximate surface area is 195 Å². The van der Waals surface area contributed by atoms with Crippen LogP contribution in [0.3, 0.4) is 0 Å². The van der Waals surface area contributed by atoms with E-state index in [2.05, 4.69) is 20.5 Å². The van der Waals surface area contributed by atoms with Gasteiger partial charge in [0.25, 0.3) is 5.56 Å². The molecule has 4 aromatic rings. The fourth-order valence-corrected chi connectivity index (χ4v) is 4.93. The zero-order valence-corrected chi connectivity index (χ0v) is 19.5. The Balaban J connectivity index is 1.30. The first kappa shape index (κ1) is 22.9. The van der Waals surface area contributed by atoms with Crippen LogP contribution in [0, 0.1) is 5.82 Å². The number of imidazole rings is 1. The van der Waals surface area contributed by atoms with Crippen LogP contribution < -0.4 is 16.6 Å². The molecule has 3 aromatic heterocycles. The predicted octanol–water partition coefficient (Wildman–Crippen LogP) is 2.14. The molecule has 10 nitrogen and oxygen atoms in total. The normalized spacial score (nSPS) is 11.2. The maximum absolute atomic E-state index is 13.0. The van der Waals surface area contributed by atoms with E-state index in [1.165, 1.54) is 53.2 Å². The Morgan fingerprint density at radius 2 is 1.91 bits per heavy atom. The number of hydrogen-bond donors (Lipinski definition) is 1. The molecule has 0 spiro atoms. The highest BCUT2D eigenvalue weighted by atomic mass is 32.2. The number of nitrogens with zero attached hydrogens (tertiary/aromatic N) is 6. The SMILES string of the molecule is Cn1c(=O)c2c(ncn2CCCC(=O)Nc2nnc(SCc3ccc(F)cc3)s2)n(C)c1=O. The molecule has 3 heterocycles. The average Bonchev–Trinajstić information content (AvgIpc) is 3.43. The molecule has 1 amide bonds. The summed E-state index contributed by atoms with van der Waals surface area (Å²) in [6, 6.07) is 6.25. The van der Waals surface area contributed by atoms with Crippen molar-refractivity contribution < 1.29 is 9.18 Å². The van der Waals surface area contributed by atoms with E-state index >= 15 is 0 Å². The van der Waals surface area contributed by atoms with Crippen molar-refractivity contribution in [3.63, 3.8) is 0 Å². The van der Waals surface area contributed by atoms with Crippen LogP contribution in [0.5, 0.6) is 0 Å². The third-order valence-electron chi connectivity index (χ3n) is 4.95. The van der Waals surface area contributed by atoms with Crippen LogP contribution in [-0.4, -0.2) is 34.8 Å². The molecule has 0 radical (unpaired) electrons. The van der Waals surface area contributed by atoms with Crippen molar-refractivity contribution in [2.45, 2.75) is 29.5 Å². The molecule has 0 bridgehead atoms. The minimum absolute atomic E-state index is 0.212. The second-order valence-corrected chi connectivity index (χ2v) is 9.46. The van der Waals surface area contributed by atoms with Crippen molar-refractivity contribution >= 4 is 45.3 Å². The van der Waals surface area contributed by atoms with E-state index in [0.717, 1.165) is 10.1 Å². The average molecular weight is 490 g/mol. The number of nitrogens with one attached hydrogen (secondary N) is 1. The van der Waals surface area contributed by atoms with E-state index in [9.17, 15) is 18.8 Å². The standard InChI is InChI=1S/C20H20FN7O3S2/c1-26-16-15(17(30)27(2)20(26)31)28(11-22-16)9-3-4-14(29)23-18-24-25-19(33-18)32-10-12-5-7-13(21)8-6-12/h5-8,11H,3-4,9-10H2,1-2H3,(H,23,24,29). The summed E-state index contributed by atoms with van der Waals surface area (Å²) in [6.45, 7) is 0.395. The van der Waals surface area contributed by atoms with Gasteiger partial charge in [0, 0.05) is 32.8 Å². The van der Waals surface area contributed by atoms with Gasteiger partial charge in [-0.2, -0.15) is 0 Å². The maximum atomic E-state index is 13.0. The summed E-state index contributed by atoms with van der Waals surface area (Å²) in [5.74, 6) is 0.122. The molecular weight excluding hydrogens is 469 g/mol. The molecular formula is C20H20FN7O3S2. The predicted molar refractivity (Wildman–Crippen MR) is 124 cm³/mol. The summed E-state index contributed by atoms with van der Waals surface area (Å²) in [7, 11) is 2.98. The van der Waals surface area contributed by atoms with E-state index in [1.54, 1.807) is 23.7 Å². The molecule has 0 saturated heterocycles. The van der Waals surface area contributed by atoms with Crippen molar-refractivity contribution in [3.8, 4) is 0 Å². The Kier molecular flexibility index (Phi) is 6.70. The van der Waals surface area contributed by atoms with Gasteiger partial charge in [-0.15, -0.1) is 10.2 Å². The maximum Gasteiger partial charge on any atom is 0.332 e. The van der Waals surface area contributed by atoms with E-state index in [4.69, 9.17) is 0 Å². The van der Waals surface area contributed by atoms with Crippen molar-refractivity contribution in [1.82, 2.24) is 28.9 Å². The van der Waals surface area contributed by atoms with Gasteiger partial charge in [0.1, 0.15) is 5.82 Å². The number of carbonyl (C=O) groups is 1. The highest BCUT2D eigenvalue weighted by molar-refractivity contribution is 8.00. The number of carbonyl (C=O) groups excluding carboxylic acids is 1. The summed E-state index contributed by atoms with van der Waals surface area (Å²) in [5.41, 5.74) is 0.738. The number of aromatic nitrogens is 6. The molecule has 0 aliphatic heterocycles. The zero-order valence-electron chi connectivity index (χ0n) is 17.8. The Morgan fingerprint density at radius 3 is 2.67 bits per heavy atom. The number of rotatable bonds is 8. The molecule has 1 N–H and O–H groups in total. The van der Waals surface area contributed by atoms with Gasteiger partial charge in [-0.05, 0) is 24.1 Å². The van der Waals surface area contributed by atoms with E-state index < -0.39 is 11.2 Å². The topological polar surface area (TPSA) is 117 Å². The summed E-state index contributed by atoms with van der Waals surface area (Å²) in [5, 5.41) is 11.2. The fraction of sp³-hybridized carbons (Fsp3) is 0.300. The lowest BCUT2D eigenvalue weighted by atomic mass is 10.2. The number of amides is 1. The first-order valence-corrected chi connectivity index (χ1v) is 11.7. The fourth-order valence-electron chi connectivity index (χ4n) is 3.20. The quantitative estimate of drug-likeness (QED) is 0.298. The molecule has 172 valence electrons. The first-order chi connectivity index (χ1) is 15.8. The van der Waals surface area contributed by atoms with Crippen LogP contribution in [0.2, 0.25) is 0 Å². The minimum Gasteiger partial charge on any atom is -0.325 e. The van der Waals surface area contributed by atoms with E-state index in [-0.39, 0.29) is 18.1 Å². The zero-order chi connectivity index (χ0) is 23.5. The van der Waals surface area contributed by atoms with Gasteiger partial charge in [-0.25, -0.2) is 14.2 Å². The first-order valence-electron chi connectivity index (χ1n) is 9.95. The second kappa shape index (κ2) is 9.67. The monoisotopic (exact) mass is 489 g/mol. The van der Waals surface area contributed by atoms with Gasteiger partial charge >= 0.3 is 5.69 Å². The van der Waals surface area contributed by atoms with Gasteiger partial charge in [-0.3, -0.25) is 18.7 Å². The Bertz CT molecular complexity index is 1420. The van der Waals surface area contributed by atoms with Crippen molar-refractivity contribution in [3.05, 3.63) is 62.8 Å². The Hall–Kier alpha value is -3.32. The van der Waals surface area contributed by atoms with E-state index in [1.807, 2.05) is 0 Å². The number of thioether (sulfide) groups is 1. The van der Waals surface area contributed by atoms with Crippen LogP contribution in [-0.2, 0) is 31.2 Å². The number of benzene rings is 1. The van der Waals surface area contributed by atoms with Crippen LogP contribution in [0.4, 0.5) is 9.52 Å². The number of fused-ring (bicyclic) bond motifs is 1. The van der Waals surface area contributed by atoms with Crippen LogP contribution in [0.15, 0.2) is 44.5 Å². The lowest BCUT2D eigenvalue weighted by Crippen LogP contribution is -2.37. The molecule has 0 fully saturated rings. The lowest BCUT2D eigenvalue weighted by Gasteiger charge is -2.06. The number of hydrogen-bond acceptors (Lipinski definition) is 8. The molecule has 4 rings (SSSR count). The number of anilines is 1. The van der Waals surface area contributed by atoms with Gasteiger partial charge < -0.3 is 9.88 Å². The second-order valence-electron chi connectivity index (χ2n) is 7.26. The van der Waals surface area contributed by atoms with Crippen molar-refractivity contribution in [2.75, 3.05) is 5.32 Å². The van der Waals surface area contributed by atoms with Crippen molar-refractivity contribution in [2.24, 2.45) is 14.1 Å². The molecule has 0 atom stereocenters. The van der Waals surface area contributed by atoms with Crippen molar-refractivity contribution in [1.29, 1.82) is 0 Å². The molecule has 13 heteroatoms. The summed E-state index contributed by atoms with van der Waals surface area (Å²) < 4.78 is 17.7. The molecule has 0 unspecified atom stereocenters. The largest absolute Gasteiger partial charge is 0.332 e. The van der Waals surface area contributed by atoms with Crippen LogP contribution >= 0.6 is 23.1 Å². The summed E-state index contributed by atoms with van der Waals surface area (Å²) in [4.78, 5) is 40.9. The minimum atomic E-state index is -0.440.